The molecule has 0 bridgehead atoms. The fraction of sp³-hybridized carbons (Fsp3) is 0.333. The summed E-state index contributed by atoms with van der Waals surface area (Å²) in [6, 6.07) is 0. The highest BCUT2D eigenvalue weighted by Gasteiger charge is 2.34. The average Bonchev–Trinajstić information content (AvgIpc) is 3.06. The number of carboxylic acid groups (broad SMARTS) is 1. The van der Waals surface area contributed by atoms with E-state index in [-0.39, 0.29) is 17.3 Å². The number of aromatic carboxylic acids is 1. The van der Waals surface area contributed by atoms with Crippen LogP contribution in [-0.4, -0.2) is 50.1 Å². The lowest BCUT2D eigenvalue weighted by molar-refractivity contribution is 0.0687. The van der Waals surface area contributed by atoms with E-state index in [0.717, 1.165) is 11.3 Å². The zero-order valence-corrected chi connectivity index (χ0v) is 11.6. The molecule has 0 atom stereocenters. The molecule has 3 heterocycles. The number of hydrogen-bond acceptors (Lipinski definition) is 7. The number of rotatable bonds is 3. The number of carboxylic acids is 1. The van der Waals surface area contributed by atoms with Gasteiger partial charge in [0.05, 0.1) is 12.1 Å². The largest absolute Gasteiger partial charge is 0.476 e. The molecule has 20 heavy (non-hydrogen) atoms. The molecule has 0 unspecified atom stereocenters. The number of sulfonamides is 1. The molecular weight excluding hydrogens is 306 g/mol. The standard InChI is InChI=1S/C9H9N5O4S2/c15-8(16)7-9(19-5-10-7)20(17,18)14-2-1-13-4-11-12-6(13)3-14/h4-5H,1-3H2,(H,15,16). The van der Waals surface area contributed by atoms with E-state index >= 15 is 0 Å². The van der Waals surface area contributed by atoms with Crippen LogP contribution in [0, 0.1) is 0 Å². The number of thiazole rings is 1. The summed E-state index contributed by atoms with van der Waals surface area (Å²) in [7, 11) is -3.89. The Hall–Kier alpha value is -1.85. The summed E-state index contributed by atoms with van der Waals surface area (Å²) in [4.78, 5) is 14.6. The number of aromatic nitrogens is 4. The van der Waals surface area contributed by atoms with Gasteiger partial charge in [-0.1, -0.05) is 0 Å². The van der Waals surface area contributed by atoms with Crippen molar-refractivity contribution in [1.82, 2.24) is 24.1 Å². The summed E-state index contributed by atoms with van der Waals surface area (Å²) in [6.07, 6.45) is 1.54. The van der Waals surface area contributed by atoms with Crippen LogP contribution in [-0.2, 0) is 23.1 Å². The van der Waals surface area contributed by atoms with Gasteiger partial charge in [0.25, 0.3) is 10.0 Å². The second kappa shape index (κ2) is 4.61. The van der Waals surface area contributed by atoms with E-state index in [1.807, 2.05) is 0 Å². The molecule has 1 N–H and O–H groups in total. The van der Waals surface area contributed by atoms with Crippen LogP contribution < -0.4 is 0 Å². The first-order chi connectivity index (χ1) is 9.50. The van der Waals surface area contributed by atoms with Crippen molar-refractivity contribution in [2.24, 2.45) is 0 Å². The first kappa shape index (κ1) is 13.1. The van der Waals surface area contributed by atoms with E-state index in [0.29, 0.717) is 12.4 Å². The first-order valence-electron chi connectivity index (χ1n) is 5.54. The van der Waals surface area contributed by atoms with Crippen molar-refractivity contribution < 1.29 is 18.3 Å². The molecule has 2 aromatic rings. The van der Waals surface area contributed by atoms with Gasteiger partial charge in [-0.25, -0.2) is 18.2 Å². The van der Waals surface area contributed by atoms with Gasteiger partial charge in [-0.15, -0.1) is 21.5 Å². The molecule has 0 spiro atoms. The maximum Gasteiger partial charge on any atom is 0.356 e. The third-order valence-corrected chi connectivity index (χ3v) is 6.11. The van der Waals surface area contributed by atoms with E-state index in [2.05, 4.69) is 15.2 Å². The van der Waals surface area contributed by atoms with E-state index in [1.54, 1.807) is 4.57 Å². The van der Waals surface area contributed by atoms with Crippen molar-refractivity contribution >= 4 is 27.3 Å². The average molecular weight is 315 g/mol. The van der Waals surface area contributed by atoms with Crippen molar-refractivity contribution in [3.05, 3.63) is 23.4 Å². The van der Waals surface area contributed by atoms with Crippen molar-refractivity contribution in [3.8, 4) is 0 Å². The maximum atomic E-state index is 12.5. The van der Waals surface area contributed by atoms with Crippen LogP contribution in [0.1, 0.15) is 16.3 Å². The monoisotopic (exact) mass is 315 g/mol. The molecule has 0 fully saturated rings. The zero-order chi connectivity index (χ0) is 14.3. The minimum Gasteiger partial charge on any atom is -0.476 e. The molecule has 0 aromatic carbocycles. The fourth-order valence-electron chi connectivity index (χ4n) is 1.93. The highest BCUT2D eigenvalue weighted by molar-refractivity contribution is 7.91. The highest BCUT2D eigenvalue weighted by Crippen LogP contribution is 2.26. The molecular formula is C9H9N5O4S2. The molecule has 106 valence electrons. The topological polar surface area (TPSA) is 118 Å². The van der Waals surface area contributed by atoms with Crippen LogP contribution >= 0.6 is 11.3 Å². The SMILES string of the molecule is O=C(O)c1ncsc1S(=O)(=O)N1CCn2cnnc2C1. The summed E-state index contributed by atoms with van der Waals surface area (Å²) in [5, 5.41) is 16.5. The van der Waals surface area contributed by atoms with Gasteiger partial charge in [0.2, 0.25) is 0 Å². The number of nitrogens with zero attached hydrogens (tertiary/aromatic N) is 5. The molecule has 0 aliphatic carbocycles. The Balaban J connectivity index is 1.97. The lowest BCUT2D eigenvalue weighted by atomic mass is 10.4. The lowest BCUT2D eigenvalue weighted by Crippen LogP contribution is -2.38. The summed E-state index contributed by atoms with van der Waals surface area (Å²) >= 11 is 0.797. The van der Waals surface area contributed by atoms with E-state index in [1.165, 1.54) is 16.1 Å². The van der Waals surface area contributed by atoms with E-state index in [9.17, 15) is 13.2 Å². The van der Waals surface area contributed by atoms with E-state index in [4.69, 9.17) is 5.11 Å². The molecule has 1 aliphatic rings. The number of hydrogen-bond donors (Lipinski definition) is 1. The van der Waals surface area contributed by atoms with Crippen LogP contribution in [0.3, 0.4) is 0 Å². The molecule has 9 nitrogen and oxygen atoms in total. The number of fused-ring (bicyclic) bond motifs is 1. The molecule has 0 amide bonds. The Morgan fingerprint density at radius 1 is 1.40 bits per heavy atom. The summed E-state index contributed by atoms with van der Waals surface area (Å²) in [5.74, 6) is -0.828. The van der Waals surface area contributed by atoms with Crippen LogP contribution in [0.15, 0.2) is 16.0 Å². The third-order valence-electron chi connectivity index (χ3n) is 2.92. The Labute approximate surface area is 117 Å². The van der Waals surface area contributed by atoms with Crippen LogP contribution in [0.4, 0.5) is 0 Å². The van der Waals surface area contributed by atoms with Gasteiger partial charge in [-0.3, -0.25) is 0 Å². The van der Waals surface area contributed by atoms with Crippen molar-refractivity contribution in [2.45, 2.75) is 17.3 Å². The quantitative estimate of drug-likeness (QED) is 0.821. The van der Waals surface area contributed by atoms with E-state index < -0.39 is 21.7 Å². The van der Waals surface area contributed by atoms with Gasteiger partial charge in [0.15, 0.2) is 9.90 Å². The molecule has 2 aromatic heterocycles. The molecule has 3 rings (SSSR count). The molecule has 1 aliphatic heterocycles. The predicted molar refractivity (Wildman–Crippen MR) is 66.7 cm³/mol. The number of carbonyl (C=O) groups is 1. The van der Waals surface area contributed by atoms with Gasteiger partial charge in [-0.05, 0) is 0 Å². The predicted octanol–water partition coefficient (Wildman–Crippen LogP) is -0.363. The Bertz CT molecular complexity index is 765. The summed E-state index contributed by atoms with van der Waals surface area (Å²) < 4.78 is 27.7. The zero-order valence-electron chi connectivity index (χ0n) is 10.0. The molecule has 11 heteroatoms. The molecule has 0 saturated heterocycles. The van der Waals surface area contributed by atoms with Crippen LogP contribution in [0.25, 0.3) is 0 Å². The highest BCUT2D eigenvalue weighted by atomic mass is 32.2. The normalized spacial score (nSPS) is 16.0. The minimum absolute atomic E-state index is 0.0687. The minimum atomic E-state index is -3.89. The maximum absolute atomic E-state index is 12.5. The van der Waals surface area contributed by atoms with Crippen molar-refractivity contribution in [3.63, 3.8) is 0 Å². The Kier molecular flexibility index (Phi) is 3.03. The van der Waals surface area contributed by atoms with Gasteiger partial charge >= 0.3 is 5.97 Å². The van der Waals surface area contributed by atoms with Crippen LogP contribution in [0.2, 0.25) is 0 Å². The smallest absolute Gasteiger partial charge is 0.356 e. The van der Waals surface area contributed by atoms with Gasteiger partial charge in [-0.2, -0.15) is 4.31 Å². The second-order valence-electron chi connectivity index (χ2n) is 4.07. The van der Waals surface area contributed by atoms with Crippen molar-refractivity contribution in [2.75, 3.05) is 6.54 Å². The van der Waals surface area contributed by atoms with Gasteiger partial charge in [0.1, 0.15) is 12.2 Å². The lowest BCUT2D eigenvalue weighted by Gasteiger charge is -2.25. The second-order valence-corrected chi connectivity index (χ2v) is 7.06. The fourth-order valence-corrected chi connectivity index (χ4v) is 4.59. The third kappa shape index (κ3) is 1.99. The Morgan fingerprint density at radius 3 is 2.95 bits per heavy atom. The van der Waals surface area contributed by atoms with Crippen molar-refractivity contribution in [1.29, 1.82) is 0 Å². The summed E-state index contributed by atoms with van der Waals surface area (Å²) in [6.45, 7) is 0.742. The molecule has 0 saturated carbocycles. The van der Waals surface area contributed by atoms with Gasteiger partial charge in [0, 0.05) is 13.1 Å². The van der Waals surface area contributed by atoms with Crippen LogP contribution in [0.5, 0.6) is 0 Å². The van der Waals surface area contributed by atoms with Gasteiger partial charge < -0.3 is 9.67 Å². The summed E-state index contributed by atoms with van der Waals surface area (Å²) in [5.41, 5.74) is 0.769. The first-order valence-corrected chi connectivity index (χ1v) is 7.85. The Morgan fingerprint density at radius 2 is 2.20 bits per heavy atom. The molecule has 0 radical (unpaired) electrons.